The molecule has 5 nitrogen and oxygen atoms in total. The third kappa shape index (κ3) is 2.06. The lowest BCUT2D eigenvalue weighted by atomic mass is 9.75. The Kier molecular flexibility index (Phi) is 4.07. The molecule has 0 heterocycles. The summed E-state index contributed by atoms with van der Waals surface area (Å²) in [5, 5.41) is 11.4. The van der Waals surface area contributed by atoms with E-state index in [2.05, 4.69) is 0 Å². The number of allylic oxidation sites excluding steroid dienone is 2. The molecule has 2 atom stereocenters. The Balaban J connectivity index is 2.66. The van der Waals surface area contributed by atoms with Crippen molar-refractivity contribution >= 4 is 5.78 Å². The van der Waals surface area contributed by atoms with Crippen molar-refractivity contribution in [2.45, 2.75) is 65.8 Å². The molecule has 22 heavy (non-hydrogen) atoms. The summed E-state index contributed by atoms with van der Waals surface area (Å²) in [4.78, 5) is 12.9. The van der Waals surface area contributed by atoms with Crippen LogP contribution in [0.25, 0.3) is 0 Å². The summed E-state index contributed by atoms with van der Waals surface area (Å²) >= 11 is 0. The molecule has 0 unspecified atom stereocenters. The van der Waals surface area contributed by atoms with E-state index in [9.17, 15) is 9.90 Å². The summed E-state index contributed by atoms with van der Waals surface area (Å²) in [6.45, 7) is 11.0. The molecule has 2 aliphatic carbocycles. The lowest BCUT2D eigenvalue weighted by molar-refractivity contribution is -0.135. The van der Waals surface area contributed by atoms with Crippen molar-refractivity contribution in [1.82, 2.24) is 0 Å². The smallest absolute Gasteiger partial charge is 0.211 e. The van der Waals surface area contributed by atoms with Gasteiger partial charge in [-0.15, -0.1) is 0 Å². The minimum Gasteiger partial charge on any atom is -0.498 e. The molecular formula is C17H26O5. The topological polar surface area (TPSA) is 65.0 Å². The lowest BCUT2D eigenvalue weighted by Crippen LogP contribution is -2.47. The summed E-state index contributed by atoms with van der Waals surface area (Å²) in [5.74, 6) is 0.459. The second-order valence-electron chi connectivity index (χ2n) is 6.85. The first kappa shape index (κ1) is 16.9. The van der Waals surface area contributed by atoms with Gasteiger partial charge in [-0.05, 0) is 53.5 Å². The highest BCUT2D eigenvalue weighted by Gasteiger charge is 2.70. The van der Waals surface area contributed by atoms with Crippen LogP contribution in [0.15, 0.2) is 22.9 Å². The van der Waals surface area contributed by atoms with Gasteiger partial charge in [-0.1, -0.05) is 0 Å². The first-order valence-electron chi connectivity index (χ1n) is 7.69. The van der Waals surface area contributed by atoms with E-state index in [0.29, 0.717) is 12.2 Å². The van der Waals surface area contributed by atoms with Gasteiger partial charge in [0.2, 0.25) is 11.5 Å². The van der Waals surface area contributed by atoms with Crippen LogP contribution in [0.4, 0.5) is 0 Å². The molecule has 1 N–H and O–H groups in total. The van der Waals surface area contributed by atoms with Gasteiger partial charge in [0.15, 0.2) is 11.4 Å². The number of Topliss-reactive ketones (excluding diaryl/α,β-unsaturated/α-hetero) is 1. The van der Waals surface area contributed by atoms with Crippen LogP contribution in [0.3, 0.4) is 0 Å². The van der Waals surface area contributed by atoms with Gasteiger partial charge in [0.05, 0.1) is 24.7 Å². The van der Waals surface area contributed by atoms with Crippen molar-refractivity contribution in [2.24, 2.45) is 5.41 Å². The zero-order chi connectivity index (χ0) is 16.9. The molecule has 0 aliphatic heterocycles. The molecule has 0 amide bonds. The number of hydrogen-bond donors (Lipinski definition) is 1. The van der Waals surface area contributed by atoms with E-state index >= 15 is 0 Å². The third-order valence-electron chi connectivity index (χ3n) is 4.29. The van der Waals surface area contributed by atoms with Crippen molar-refractivity contribution in [1.29, 1.82) is 0 Å². The predicted molar refractivity (Wildman–Crippen MR) is 81.9 cm³/mol. The molecule has 0 fully saturated rings. The van der Waals surface area contributed by atoms with Crippen molar-refractivity contribution in [3.8, 4) is 0 Å². The van der Waals surface area contributed by atoms with E-state index in [4.69, 9.17) is 14.2 Å². The van der Waals surface area contributed by atoms with Crippen LogP contribution in [-0.2, 0) is 19.0 Å². The first-order chi connectivity index (χ1) is 10.1. The molecule has 2 rings (SSSR count). The minimum atomic E-state index is -1.60. The third-order valence-corrected chi connectivity index (χ3v) is 4.29. The first-order valence-corrected chi connectivity index (χ1v) is 7.69. The van der Waals surface area contributed by atoms with Crippen LogP contribution in [0.2, 0.25) is 0 Å². The zero-order valence-corrected chi connectivity index (χ0v) is 14.4. The fraction of sp³-hybridized carbons (Fsp3) is 0.706. The highest BCUT2D eigenvalue weighted by atomic mass is 16.6. The zero-order valence-electron chi connectivity index (χ0n) is 14.4. The molecule has 0 aromatic heterocycles. The average molecular weight is 310 g/mol. The van der Waals surface area contributed by atoms with Crippen LogP contribution in [0.5, 0.6) is 0 Å². The minimum absolute atomic E-state index is 0.121. The van der Waals surface area contributed by atoms with Gasteiger partial charge in [0.25, 0.3) is 0 Å². The number of ether oxygens (including phenoxy) is 3. The summed E-state index contributed by atoms with van der Waals surface area (Å²) in [5.41, 5.74) is -1.79. The van der Waals surface area contributed by atoms with Crippen LogP contribution in [0, 0.1) is 5.41 Å². The highest BCUT2D eigenvalue weighted by Crippen LogP contribution is 2.60. The molecule has 0 radical (unpaired) electrons. The Bertz CT molecular complexity index is 557. The van der Waals surface area contributed by atoms with Gasteiger partial charge in [0.1, 0.15) is 5.76 Å². The second-order valence-corrected chi connectivity index (χ2v) is 6.85. The van der Waals surface area contributed by atoms with Gasteiger partial charge in [0, 0.05) is 0 Å². The van der Waals surface area contributed by atoms with Gasteiger partial charge in [-0.25, -0.2) is 0 Å². The maximum absolute atomic E-state index is 12.9. The number of carbonyl (C=O) groups is 1. The Morgan fingerprint density at radius 3 is 2.09 bits per heavy atom. The van der Waals surface area contributed by atoms with E-state index in [0.717, 1.165) is 5.57 Å². The average Bonchev–Trinajstić information content (AvgIpc) is 2.67. The van der Waals surface area contributed by atoms with Crippen LogP contribution < -0.4 is 0 Å². The fourth-order valence-electron chi connectivity index (χ4n) is 3.45. The largest absolute Gasteiger partial charge is 0.498 e. The molecular weight excluding hydrogens is 284 g/mol. The lowest BCUT2D eigenvalue weighted by Gasteiger charge is -2.34. The number of fused-ring (bicyclic) bond motifs is 1. The van der Waals surface area contributed by atoms with E-state index in [-0.39, 0.29) is 29.5 Å². The van der Waals surface area contributed by atoms with Gasteiger partial charge in [-0.2, -0.15) is 0 Å². The summed E-state index contributed by atoms with van der Waals surface area (Å²) in [6, 6.07) is 0. The molecule has 5 heteroatoms. The number of hydrogen-bond acceptors (Lipinski definition) is 5. The standard InChI is InChI=1S/C17H26O5/c1-9(2)21-12-13(18)16(6)8-11(5)14(20-7)17(16,19)15(12)22-10(3)4/h9-10,19H,8H2,1-7H3/t16-,17-/m1/s1. The monoisotopic (exact) mass is 310 g/mol. The van der Waals surface area contributed by atoms with Gasteiger partial charge in [-0.3, -0.25) is 4.79 Å². The van der Waals surface area contributed by atoms with Crippen molar-refractivity contribution < 1.29 is 24.1 Å². The Morgan fingerprint density at radius 2 is 1.64 bits per heavy atom. The number of methoxy groups -OCH3 is 1. The Morgan fingerprint density at radius 1 is 1.09 bits per heavy atom. The molecule has 0 bridgehead atoms. The molecule has 0 spiro atoms. The van der Waals surface area contributed by atoms with Crippen LogP contribution >= 0.6 is 0 Å². The van der Waals surface area contributed by atoms with Gasteiger partial charge < -0.3 is 19.3 Å². The molecule has 0 aromatic carbocycles. The highest BCUT2D eigenvalue weighted by molar-refractivity contribution is 6.04. The Labute approximate surface area is 131 Å². The summed E-state index contributed by atoms with van der Waals surface area (Å²) in [6.07, 6.45) is 0.0345. The quantitative estimate of drug-likeness (QED) is 0.846. The maximum atomic E-state index is 12.9. The van der Waals surface area contributed by atoms with Gasteiger partial charge >= 0.3 is 0 Å². The fourth-order valence-corrected chi connectivity index (χ4v) is 3.45. The van der Waals surface area contributed by atoms with E-state index in [1.165, 1.54) is 7.11 Å². The number of ketones is 1. The summed E-state index contributed by atoms with van der Waals surface area (Å²) < 4.78 is 17.0. The SMILES string of the molecule is COC1=C(C)C[C@]2(C)C(=O)C(OC(C)C)=C(OC(C)C)[C@]12O. The molecule has 124 valence electrons. The molecule has 2 aliphatic rings. The number of carbonyl (C=O) groups excluding carboxylic acids is 1. The van der Waals surface area contributed by atoms with Crippen molar-refractivity contribution in [3.05, 3.63) is 22.9 Å². The maximum Gasteiger partial charge on any atom is 0.211 e. The number of rotatable bonds is 5. The van der Waals surface area contributed by atoms with E-state index < -0.39 is 11.0 Å². The summed E-state index contributed by atoms with van der Waals surface area (Å²) in [7, 11) is 1.50. The molecule has 0 aromatic rings. The van der Waals surface area contributed by atoms with Crippen LogP contribution in [-0.4, -0.2) is 35.8 Å². The van der Waals surface area contributed by atoms with Crippen molar-refractivity contribution in [2.75, 3.05) is 7.11 Å². The molecule has 0 saturated heterocycles. The normalized spacial score (nSPS) is 31.5. The van der Waals surface area contributed by atoms with E-state index in [1.807, 2.05) is 34.6 Å². The second kappa shape index (κ2) is 5.30. The van der Waals surface area contributed by atoms with E-state index in [1.54, 1.807) is 6.92 Å². The van der Waals surface area contributed by atoms with Crippen LogP contribution in [0.1, 0.15) is 48.0 Å². The Hall–Kier alpha value is -1.49. The number of aliphatic hydroxyl groups is 1. The molecule has 0 saturated carbocycles. The van der Waals surface area contributed by atoms with Crippen molar-refractivity contribution in [3.63, 3.8) is 0 Å². The predicted octanol–water partition coefficient (Wildman–Crippen LogP) is 2.69.